The molecule has 3 aromatic rings. The van der Waals surface area contributed by atoms with Crippen LogP contribution >= 0.6 is 11.3 Å². The molecule has 0 N–H and O–H groups in total. The van der Waals surface area contributed by atoms with Crippen LogP contribution in [0.15, 0.2) is 48.2 Å². The first kappa shape index (κ1) is 22.1. The molecule has 1 saturated heterocycles. The molecule has 32 heavy (non-hydrogen) atoms. The molecule has 2 amide bonds. The summed E-state index contributed by atoms with van der Waals surface area (Å²) in [7, 11) is 0. The topological polar surface area (TPSA) is 93.4 Å². The van der Waals surface area contributed by atoms with E-state index in [0.717, 1.165) is 16.4 Å². The average Bonchev–Trinajstić information content (AvgIpc) is 3.43. The van der Waals surface area contributed by atoms with Gasteiger partial charge in [0.2, 0.25) is 11.8 Å². The van der Waals surface area contributed by atoms with Crippen LogP contribution in [-0.2, 0) is 34.0 Å². The number of carbonyl (C=O) groups is 2. The molecule has 0 bridgehead atoms. The zero-order valence-corrected chi connectivity index (χ0v) is 18.8. The van der Waals surface area contributed by atoms with E-state index in [2.05, 4.69) is 15.1 Å². The molecule has 0 radical (unpaired) electrons. The third kappa shape index (κ3) is 5.98. The zero-order chi connectivity index (χ0) is 22.3. The third-order valence-corrected chi connectivity index (χ3v) is 6.03. The van der Waals surface area contributed by atoms with Crippen LogP contribution in [0.3, 0.4) is 0 Å². The van der Waals surface area contributed by atoms with E-state index in [1.807, 2.05) is 42.8 Å². The number of thiazole rings is 1. The number of amides is 2. The number of hydrogen-bond donors (Lipinski definition) is 0. The molecule has 1 fully saturated rings. The van der Waals surface area contributed by atoms with Crippen LogP contribution in [0.1, 0.15) is 22.8 Å². The second-order valence-corrected chi connectivity index (χ2v) is 8.74. The smallest absolute Gasteiger partial charge is 0.242 e. The lowest BCUT2D eigenvalue weighted by Crippen LogP contribution is -2.40. The van der Waals surface area contributed by atoms with E-state index >= 15 is 0 Å². The van der Waals surface area contributed by atoms with Crippen LogP contribution in [0.4, 0.5) is 0 Å². The molecule has 1 aliphatic heterocycles. The van der Waals surface area contributed by atoms with Gasteiger partial charge in [-0.1, -0.05) is 6.07 Å². The molecule has 0 aliphatic carbocycles. The van der Waals surface area contributed by atoms with Crippen molar-refractivity contribution in [1.29, 1.82) is 0 Å². The summed E-state index contributed by atoms with van der Waals surface area (Å²) in [5, 5.41) is 7.06. The van der Waals surface area contributed by atoms with E-state index in [9.17, 15) is 9.59 Å². The zero-order valence-electron chi connectivity index (χ0n) is 18.0. The van der Waals surface area contributed by atoms with Gasteiger partial charge in [-0.05, 0) is 25.1 Å². The van der Waals surface area contributed by atoms with Crippen LogP contribution in [0.2, 0.25) is 0 Å². The highest BCUT2D eigenvalue weighted by Crippen LogP contribution is 2.16. The number of hydrogen-bond acceptors (Lipinski definition) is 7. The van der Waals surface area contributed by atoms with E-state index in [0.29, 0.717) is 32.8 Å². The number of rotatable bonds is 8. The van der Waals surface area contributed by atoms with Crippen molar-refractivity contribution in [1.82, 2.24) is 29.5 Å². The molecule has 168 valence electrons. The molecular formula is C22H26N6O3S. The Morgan fingerprint density at radius 2 is 2.12 bits per heavy atom. The summed E-state index contributed by atoms with van der Waals surface area (Å²) in [5.41, 5.74) is 1.66. The standard InChI is InChI=1S/C22H26N6O3S/c1-17-25-19(16-32-17)11-26-12-20(31-15-18-5-2-3-7-23-18)13-27(14-22(26)30)21(29)6-10-28-9-4-8-24-28/h2-5,7-9,16,20H,6,10-15H2,1H3. The molecule has 0 spiro atoms. The fourth-order valence-corrected chi connectivity index (χ4v) is 4.20. The Balaban J connectivity index is 1.45. The second-order valence-electron chi connectivity index (χ2n) is 7.68. The Bertz CT molecular complexity index is 1020. The minimum atomic E-state index is -0.322. The Morgan fingerprint density at radius 1 is 1.22 bits per heavy atom. The fraction of sp³-hybridized carbons (Fsp3) is 0.409. The number of aryl methyl sites for hydroxylation is 2. The van der Waals surface area contributed by atoms with E-state index in [1.54, 1.807) is 38.2 Å². The number of pyridine rings is 1. The maximum absolute atomic E-state index is 13.0. The molecule has 1 aliphatic rings. The predicted molar refractivity (Wildman–Crippen MR) is 119 cm³/mol. The van der Waals surface area contributed by atoms with Gasteiger partial charge in [-0.2, -0.15) is 5.10 Å². The molecule has 3 aromatic heterocycles. The van der Waals surface area contributed by atoms with E-state index in [-0.39, 0.29) is 30.9 Å². The van der Waals surface area contributed by atoms with Gasteiger partial charge in [-0.25, -0.2) is 4.98 Å². The van der Waals surface area contributed by atoms with Crippen molar-refractivity contribution < 1.29 is 14.3 Å². The molecular weight excluding hydrogens is 428 g/mol. The van der Waals surface area contributed by atoms with Crippen molar-refractivity contribution in [3.05, 3.63) is 64.6 Å². The summed E-state index contributed by atoms with van der Waals surface area (Å²) in [6, 6.07) is 7.47. The SMILES string of the molecule is Cc1nc(CN2CC(OCc3ccccn3)CN(C(=O)CCn3cccn3)CC2=O)cs1. The first-order chi connectivity index (χ1) is 15.6. The van der Waals surface area contributed by atoms with Crippen LogP contribution in [0, 0.1) is 6.92 Å². The number of aromatic nitrogens is 4. The van der Waals surface area contributed by atoms with Crippen molar-refractivity contribution in [3.63, 3.8) is 0 Å². The van der Waals surface area contributed by atoms with Crippen molar-refractivity contribution in [2.75, 3.05) is 19.6 Å². The highest BCUT2D eigenvalue weighted by atomic mass is 32.1. The molecule has 9 nitrogen and oxygen atoms in total. The quantitative estimate of drug-likeness (QED) is 0.516. The summed E-state index contributed by atoms with van der Waals surface area (Å²) in [6.45, 7) is 3.91. The molecule has 4 heterocycles. The molecule has 1 atom stereocenters. The van der Waals surface area contributed by atoms with Gasteiger partial charge in [-0.3, -0.25) is 19.3 Å². The van der Waals surface area contributed by atoms with E-state index in [1.165, 1.54) is 0 Å². The van der Waals surface area contributed by atoms with Crippen LogP contribution in [0.5, 0.6) is 0 Å². The molecule has 4 rings (SSSR count). The Hall–Kier alpha value is -3.11. The first-order valence-electron chi connectivity index (χ1n) is 10.5. The molecule has 1 unspecified atom stereocenters. The molecule has 0 saturated carbocycles. The fourth-order valence-electron chi connectivity index (χ4n) is 3.59. The van der Waals surface area contributed by atoms with E-state index < -0.39 is 0 Å². The van der Waals surface area contributed by atoms with E-state index in [4.69, 9.17) is 4.74 Å². The average molecular weight is 455 g/mol. The number of carbonyl (C=O) groups excluding carboxylic acids is 2. The summed E-state index contributed by atoms with van der Waals surface area (Å²) in [6.07, 6.45) is 5.16. The lowest BCUT2D eigenvalue weighted by Gasteiger charge is -2.24. The Labute approximate surface area is 190 Å². The summed E-state index contributed by atoms with van der Waals surface area (Å²) in [4.78, 5) is 38.0. The molecule has 0 aromatic carbocycles. The summed E-state index contributed by atoms with van der Waals surface area (Å²) in [5.74, 6) is -0.196. The lowest BCUT2D eigenvalue weighted by atomic mass is 10.2. The predicted octanol–water partition coefficient (Wildman–Crippen LogP) is 1.89. The minimum absolute atomic E-state index is 0.0322. The van der Waals surface area contributed by atoms with Gasteiger partial charge in [0.15, 0.2) is 0 Å². The van der Waals surface area contributed by atoms with Gasteiger partial charge < -0.3 is 14.5 Å². The van der Waals surface area contributed by atoms with Gasteiger partial charge in [0.05, 0.1) is 42.2 Å². The van der Waals surface area contributed by atoms with Crippen LogP contribution < -0.4 is 0 Å². The number of nitrogens with zero attached hydrogens (tertiary/aromatic N) is 6. The van der Waals surface area contributed by atoms with Crippen molar-refractivity contribution in [3.8, 4) is 0 Å². The first-order valence-corrected chi connectivity index (χ1v) is 11.4. The maximum atomic E-state index is 13.0. The van der Waals surface area contributed by atoms with Crippen LogP contribution in [-0.4, -0.2) is 67.1 Å². The lowest BCUT2D eigenvalue weighted by molar-refractivity contribution is -0.139. The van der Waals surface area contributed by atoms with Gasteiger partial charge >= 0.3 is 0 Å². The van der Waals surface area contributed by atoms with Gasteiger partial charge in [0, 0.05) is 50.0 Å². The van der Waals surface area contributed by atoms with Gasteiger partial charge in [0.25, 0.3) is 0 Å². The largest absolute Gasteiger partial charge is 0.368 e. The second kappa shape index (κ2) is 10.5. The van der Waals surface area contributed by atoms with Gasteiger partial charge in [-0.15, -0.1) is 11.3 Å². The minimum Gasteiger partial charge on any atom is -0.368 e. The highest BCUT2D eigenvalue weighted by molar-refractivity contribution is 7.09. The van der Waals surface area contributed by atoms with Crippen molar-refractivity contribution in [2.24, 2.45) is 0 Å². The van der Waals surface area contributed by atoms with Crippen LogP contribution in [0.25, 0.3) is 0 Å². The summed E-state index contributed by atoms with van der Waals surface area (Å²) >= 11 is 1.56. The Kier molecular flexibility index (Phi) is 7.23. The van der Waals surface area contributed by atoms with Crippen molar-refractivity contribution >= 4 is 23.2 Å². The monoisotopic (exact) mass is 454 g/mol. The summed E-state index contributed by atoms with van der Waals surface area (Å²) < 4.78 is 7.83. The third-order valence-electron chi connectivity index (χ3n) is 5.21. The Morgan fingerprint density at radius 3 is 2.84 bits per heavy atom. The normalized spacial score (nSPS) is 16.9. The maximum Gasteiger partial charge on any atom is 0.242 e. The highest BCUT2D eigenvalue weighted by Gasteiger charge is 2.31. The van der Waals surface area contributed by atoms with Crippen molar-refractivity contribution in [2.45, 2.75) is 39.1 Å². The van der Waals surface area contributed by atoms with Gasteiger partial charge in [0.1, 0.15) is 0 Å². The molecule has 10 heteroatoms. The number of ether oxygens (including phenoxy) is 1.